The molecule has 0 saturated carbocycles. The minimum atomic E-state index is -1.32. The van der Waals surface area contributed by atoms with Gasteiger partial charge in [0.15, 0.2) is 5.54 Å². The van der Waals surface area contributed by atoms with Gasteiger partial charge in [-0.2, -0.15) is 5.26 Å². The van der Waals surface area contributed by atoms with Gasteiger partial charge in [-0.25, -0.2) is 14.4 Å². The van der Waals surface area contributed by atoms with E-state index < -0.39 is 18.1 Å². The number of amides is 1. The molecule has 3 rings (SSSR count). The number of nitrogens with one attached hydrogen (secondary N) is 1. The van der Waals surface area contributed by atoms with Crippen molar-refractivity contribution in [3.63, 3.8) is 0 Å². The summed E-state index contributed by atoms with van der Waals surface area (Å²) in [5, 5.41) is 11.4. The Morgan fingerprint density at radius 1 is 1.42 bits per heavy atom. The number of carbonyl (C=O) groups excluding carboxylic acids is 1. The summed E-state index contributed by atoms with van der Waals surface area (Å²) in [4.78, 5) is 24.6. The Morgan fingerprint density at radius 3 is 2.92 bits per heavy atom. The highest BCUT2D eigenvalue weighted by Crippen LogP contribution is 2.29. The summed E-state index contributed by atoms with van der Waals surface area (Å²) in [5.41, 5.74) is 5.12. The predicted molar refractivity (Wildman–Crippen MR) is 91.2 cm³/mol. The van der Waals surface area contributed by atoms with Crippen LogP contribution in [0.5, 0.6) is 0 Å². The third-order valence-corrected chi connectivity index (χ3v) is 3.76. The van der Waals surface area contributed by atoms with E-state index in [2.05, 4.69) is 20.3 Å². The van der Waals surface area contributed by atoms with Crippen LogP contribution in [0.4, 0.5) is 10.2 Å². The number of aromatic nitrogens is 2. The molecule has 26 heavy (non-hydrogen) atoms. The Balaban J connectivity index is 1.84. The highest BCUT2D eigenvalue weighted by atomic mass is 19.1. The summed E-state index contributed by atoms with van der Waals surface area (Å²) in [6, 6.07) is 9.63. The Labute approximate surface area is 148 Å². The number of amidine groups is 1. The smallest absolute Gasteiger partial charge is 0.275 e. The zero-order valence-electron chi connectivity index (χ0n) is 13.6. The summed E-state index contributed by atoms with van der Waals surface area (Å²) in [7, 11) is 0. The fourth-order valence-electron chi connectivity index (χ4n) is 2.47. The molecule has 1 aliphatic rings. The summed E-state index contributed by atoms with van der Waals surface area (Å²) in [6.45, 7) is -0.691. The van der Waals surface area contributed by atoms with Crippen LogP contribution >= 0.6 is 0 Å². The molecule has 0 aliphatic carbocycles. The van der Waals surface area contributed by atoms with Crippen molar-refractivity contribution in [1.29, 1.82) is 5.26 Å². The molecular weight excluding hydrogens is 339 g/mol. The molecule has 0 aromatic carbocycles. The van der Waals surface area contributed by atoms with Crippen molar-refractivity contribution in [2.75, 3.05) is 25.2 Å². The number of carbonyl (C=O) groups is 1. The number of anilines is 1. The predicted octanol–water partition coefficient (Wildman–Crippen LogP) is 1.15. The summed E-state index contributed by atoms with van der Waals surface area (Å²) < 4.78 is 19.0. The molecule has 0 saturated heterocycles. The van der Waals surface area contributed by atoms with Gasteiger partial charge in [-0.15, -0.1) is 0 Å². The number of rotatable bonds is 4. The number of ether oxygens (including phenoxy) is 1. The van der Waals surface area contributed by atoms with Gasteiger partial charge in [0, 0.05) is 6.20 Å². The lowest BCUT2D eigenvalue weighted by atomic mass is 9.97. The Morgan fingerprint density at radius 2 is 2.27 bits per heavy atom. The van der Waals surface area contributed by atoms with Gasteiger partial charge in [0.2, 0.25) is 0 Å². The average Bonchev–Trinajstić information content (AvgIpc) is 2.68. The molecule has 8 nitrogen and oxygen atoms in total. The van der Waals surface area contributed by atoms with E-state index in [-0.39, 0.29) is 30.6 Å². The van der Waals surface area contributed by atoms with E-state index in [1.54, 1.807) is 18.2 Å². The molecule has 3 heterocycles. The minimum absolute atomic E-state index is 0.00573. The number of alkyl halides is 1. The number of hydrogen-bond donors (Lipinski definition) is 2. The van der Waals surface area contributed by atoms with E-state index >= 15 is 0 Å². The van der Waals surface area contributed by atoms with Gasteiger partial charge in [-0.1, -0.05) is 6.07 Å². The SMILES string of the molecule is N#Cc1ccc(C(=O)Nc2cccc(C3(CF)COCC(N)=N3)n2)nc1. The van der Waals surface area contributed by atoms with Gasteiger partial charge in [-0.05, 0) is 24.3 Å². The lowest BCUT2D eigenvalue weighted by molar-refractivity contribution is 0.0807. The van der Waals surface area contributed by atoms with E-state index in [0.29, 0.717) is 11.3 Å². The maximum atomic E-state index is 13.7. The van der Waals surface area contributed by atoms with Crippen LogP contribution in [0.3, 0.4) is 0 Å². The molecule has 0 fully saturated rings. The van der Waals surface area contributed by atoms with Crippen LogP contribution in [0.1, 0.15) is 21.7 Å². The monoisotopic (exact) mass is 354 g/mol. The first-order valence-corrected chi connectivity index (χ1v) is 7.69. The number of hydrogen-bond acceptors (Lipinski definition) is 7. The maximum Gasteiger partial charge on any atom is 0.275 e. The number of aliphatic imine (C=N–C) groups is 1. The van der Waals surface area contributed by atoms with Crippen molar-refractivity contribution >= 4 is 17.6 Å². The Kier molecular flexibility index (Phi) is 4.86. The van der Waals surface area contributed by atoms with Crippen LogP contribution in [0.15, 0.2) is 41.5 Å². The molecule has 1 atom stereocenters. The van der Waals surface area contributed by atoms with Crippen molar-refractivity contribution in [2.24, 2.45) is 10.7 Å². The first-order chi connectivity index (χ1) is 12.6. The standard InChI is InChI=1S/C17H15FN6O2/c18-9-17(10-26-8-14(20)24-17)13-2-1-3-15(22-13)23-16(25)12-5-4-11(6-19)7-21-12/h1-5,7H,8-10H2,(H2,20,24)(H,22,23,25). The fraction of sp³-hybridized carbons (Fsp3) is 0.235. The molecule has 0 radical (unpaired) electrons. The summed E-state index contributed by atoms with van der Waals surface area (Å²) >= 11 is 0. The minimum Gasteiger partial charge on any atom is -0.385 e. The van der Waals surface area contributed by atoms with Crippen molar-refractivity contribution in [2.45, 2.75) is 5.54 Å². The van der Waals surface area contributed by atoms with Crippen LogP contribution in [0, 0.1) is 11.3 Å². The van der Waals surface area contributed by atoms with Crippen LogP contribution < -0.4 is 11.1 Å². The van der Waals surface area contributed by atoms with Crippen LogP contribution in [-0.2, 0) is 10.3 Å². The molecule has 0 spiro atoms. The number of nitriles is 1. The topological polar surface area (TPSA) is 126 Å². The molecule has 2 aromatic rings. The largest absolute Gasteiger partial charge is 0.385 e. The molecule has 1 amide bonds. The molecule has 2 aromatic heterocycles. The lowest BCUT2D eigenvalue weighted by Crippen LogP contribution is -2.42. The second-order valence-corrected chi connectivity index (χ2v) is 5.67. The number of nitrogens with two attached hydrogens (primary N) is 1. The Bertz CT molecular complexity index is 893. The highest BCUT2D eigenvalue weighted by Gasteiger charge is 2.37. The van der Waals surface area contributed by atoms with E-state index in [1.807, 2.05) is 6.07 Å². The van der Waals surface area contributed by atoms with Gasteiger partial charge in [-0.3, -0.25) is 9.79 Å². The quantitative estimate of drug-likeness (QED) is 0.848. The van der Waals surface area contributed by atoms with Crippen molar-refractivity contribution in [3.8, 4) is 6.07 Å². The van der Waals surface area contributed by atoms with Gasteiger partial charge in [0.25, 0.3) is 5.91 Å². The zero-order chi connectivity index (χ0) is 18.6. The Hall–Kier alpha value is -3.38. The van der Waals surface area contributed by atoms with E-state index in [1.165, 1.54) is 18.3 Å². The van der Waals surface area contributed by atoms with Crippen molar-refractivity contribution in [1.82, 2.24) is 9.97 Å². The summed E-state index contributed by atoms with van der Waals surface area (Å²) in [5.74, 6) is -0.103. The number of halogens is 1. The molecule has 1 aliphatic heterocycles. The molecule has 9 heteroatoms. The van der Waals surface area contributed by atoms with Gasteiger partial charge in [0.05, 0.1) is 17.9 Å². The first-order valence-electron chi connectivity index (χ1n) is 7.69. The third-order valence-electron chi connectivity index (χ3n) is 3.76. The van der Waals surface area contributed by atoms with Crippen molar-refractivity contribution in [3.05, 3.63) is 53.5 Å². The second kappa shape index (κ2) is 7.25. The molecule has 3 N–H and O–H groups in total. The lowest BCUT2D eigenvalue weighted by Gasteiger charge is -2.30. The summed E-state index contributed by atoms with van der Waals surface area (Å²) in [6.07, 6.45) is 1.30. The molecule has 0 bridgehead atoms. The van der Waals surface area contributed by atoms with Crippen molar-refractivity contribution < 1.29 is 13.9 Å². The second-order valence-electron chi connectivity index (χ2n) is 5.67. The van der Waals surface area contributed by atoms with Gasteiger partial charge in [0.1, 0.15) is 36.7 Å². The van der Waals surface area contributed by atoms with Gasteiger partial charge < -0.3 is 15.8 Å². The first kappa shape index (κ1) is 17.4. The van der Waals surface area contributed by atoms with E-state index in [0.717, 1.165) is 0 Å². The van der Waals surface area contributed by atoms with Crippen LogP contribution in [0.25, 0.3) is 0 Å². The van der Waals surface area contributed by atoms with Crippen LogP contribution in [0.2, 0.25) is 0 Å². The molecule has 1 unspecified atom stereocenters. The average molecular weight is 354 g/mol. The van der Waals surface area contributed by atoms with Gasteiger partial charge >= 0.3 is 0 Å². The fourth-order valence-corrected chi connectivity index (χ4v) is 2.47. The number of nitrogens with zero attached hydrogens (tertiary/aromatic N) is 4. The molecular formula is C17H15FN6O2. The maximum absolute atomic E-state index is 13.7. The normalized spacial score (nSPS) is 19.3. The number of pyridine rings is 2. The third kappa shape index (κ3) is 3.50. The van der Waals surface area contributed by atoms with E-state index in [9.17, 15) is 9.18 Å². The highest BCUT2D eigenvalue weighted by molar-refractivity contribution is 6.02. The van der Waals surface area contributed by atoms with E-state index in [4.69, 9.17) is 15.7 Å². The zero-order valence-corrected chi connectivity index (χ0v) is 13.6. The van der Waals surface area contributed by atoms with Crippen LogP contribution in [-0.4, -0.2) is 41.6 Å². The molecule has 132 valence electrons.